The van der Waals surface area contributed by atoms with Gasteiger partial charge in [0.2, 0.25) is 0 Å². The van der Waals surface area contributed by atoms with Crippen molar-refractivity contribution in [2.24, 2.45) is 0 Å². The molecule has 0 unspecified atom stereocenters. The lowest BCUT2D eigenvalue weighted by Crippen LogP contribution is -2.46. The van der Waals surface area contributed by atoms with Gasteiger partial charge in [0.1, 0.15) is 0 Å². The summed E-state index contributed by atoms with van der Waals surface area (Å²) in [4.78, 5) is 15.1. The molecule has 24 heavy (non-hydrogen) atoms. The van der Waals surface area contributed by atoms with Crippen LogP contribution in [-0.2, 0) is 6.54 Å². The Morgan fingerprint density at radius 3 is 2.29 bits per heavy atom. The number of hydrogen-bond acceptors (Lipinski definition) is 4. The maximum atomic E-state index is 10.9. The van der Waals surface area contributed by atoms with Crippen molar-refractivity contribution in [2.45, 2.75) is 6.54 Å². The van der Waals surface area contributed by atoms with E-state index in [0.717, 1.165) is 42.5 Å². The summed E-state index contributed by atoms with van der Waals surface area (Å²) in [6, 6.07) is 12.4. The standard InChI is InChI=1S/C17H17Cl2N3O2/c18-14-1-3-15(4-2-14)21-9-7-20(8-10-21)12-13-11-16(22(23)24)5-6-17(13)19/h1-6,11H,7-10,12H2. The minimum absolute atomic E-state index is 0.0780. The monoisotopic (exact) mass is 365 g/mol. The van der Waals surface area contributed by atoms with E-state index in [1.165, 1.54) is 6.07 Å². The second-order valence-corrected chi connectivity index (χ2v) is 6.62. The minimum Gasteiger partial charge on any atom is -0.369 e. The summed E-state index contributed by atoms with van der Waals surface area (Å²) in [6.45, 7) is 4.17. The number of benzene rings is 2. The molecule has 3 rings (SSSR count). The Kier molecular flexibility index (Phi) is 5.23. The first-order chi connectivity index (χ1) is 11.5. The van der Waals surface area contributed by atoms with Crippen molar-refractivity contribution in [3.8, 4) is 0 Å². The van der Waals surface area contributed by atoms with Crippen LogP contribution < -0.4 is 4.90 Å². The van der Waals surface area contributed by atoms with Crippen LogP contribution in [0.5, 0.6) is 0 Å². The molecule has 0 N–H and O–H groups in total. The van der Waals surface area contributed by atoms with Gasteiger partial charge in [-0.1, -0.05) is 23.2 Å². The lowest BCUT2D eigenvalue weighted by atomic mass is 10.1. The molecule has 7 heteroatoms. The number of halogens is 2. The van der Waals surface area contributed by atoms with Crippen LogP contribution in [0.1, 0.15) is 5.56 Å². The molecule has 0 amide bonds. The van der Waals surface area contributed by atoms with Crippen molar-refractivity contribution in [2.75, 3.05) is 31.1 Å². The van der Waals surface area contributed by atoms with Gasteiger partial charge in [-0.05, 0) is 35.9 Å². The van der Waals surface area contributed by atoms with Gasteiger partial charge in [-0.3, -0.25) is 15.0 Å². The number of rotatable bonds is 4. The highest BCUT2D eigenvalue weighted by Crippen LogP contribution is 2.25. The molecule has 1 fully saturated rings. The minimum atomic E-state index is -0.391. The number of nitro benzene ring substituents is 1. The zero-order chi connectivity index (χ0) is 17.1. The van der Waals surface area contributed by atoms with Crippen LogP contribution in [-0.4, -0.2) is 36.0 Å². The third-order valence-electron chi connectivity index (χ3n) is 4.20. The Hall–Kier alpha value is -1.82. The third-order valence-corrected chi connectivity index (χ3v) is 4.82. The molecule has 1 aliphatic rings. The van der Waals surface area contributed by atoms with Gasteiger partial charge in [-0.15, -0.1) is 0 Å². The fourth-order valence-electron chi connectivity index (χ4n) is 2.85. The topological polar surface area (TPSA) is 49.6 Å². The maximum absolute atomic E-state index is 10.9. The van der Waals surface area contributed by atoms with Crippen molar-refractivity contribution < 1.29 is 4.92 Å². The average molecular weight is 366 g/mol. The molecule has 0 radical (unpaired) electrons. The zero-order valence-corrected chi connectivity index (χ0v) is 14.5. The Morgan fingerprint density at radius 2 is 1.67 bits per heavy atom. The predicted molar refractivity (Wildman–Crippen MR) is 97.0 cm³/mol. The summed E-state index contributed by atoms with van der Waals surface area (Å²) in [5, 5.41) is 12.2. The largest absolute Gasteiger partial charge is 0.369 e. The number of nitrogens with zero attached hydrogens (tertiary/aromatic N) is 3. The van der Waals surface area contributed by atoms with E-state index >= 15 is 0 Å². The van der Waals surface area contributed by atoms with E-state index in [1.54, 1.807) is 12.1 Å². The van der Waals surface area contributed by atoms with Gasteiger partial charge in [-0.25, -0.2) is 0 Å². The van der Waals surface area contributed by atoms with Crippen molar-refractivity contribution in [3.05, 3.63) is 68.2 Å². The molecule has 0 atom stereocenters. The van der Waals surface area contributed by atoms with Crippen LogP contribution >= 0.6 is 23.2 Å². The number of non-ortho nitro benzene ring substituents is 1. The van der Waals surface area contributed by atoms with Gasteiger partial charge < -0.3 is 4.90 Å². The van der Waals surface area contributed by atoms with Gasteiger partial charge in [-0.2, -0.15) is 0 Å². The Labute approximate surface area is 150 Å². The molecule has 1 heterocycles. The third kappa shape index (κ3) is 3.98. The molecule has 0 aromatic heterocycles. The van der Waals surface area contributed by atoms with E-state index in [4.69, 9.17) is 23.2 Å². The fraction of sp³-hybridized carbons (Fsp3) is 0.294. The van der Waals surface area contributed by atoms with Gasteiger partial charge in [0.15, 0.2) is 0 Å². The SMILES string of the molecule is O=[N+]([O-])c1ccc(Cl)c(CN2CCN(c3ccc(Cl)cc3)CC2)c1. The summed E-state index contributed by atoms with van der Waals surface area (Å²) >= 11 is 12.1. The van der Waals surface area contributed by atoms with Crippen molar-refractivity contribution in [1.29, 1.82) is 0 Å². The van der Waals surface area contributed by atoms with Gasteiger partial charge >= 0.3 is 0 Å². The highest BCUT2D eigenvalue weighted by molar-refractivity contribution is 6.31. The Bertz CT molecular complexity index is 729. The summed E-state index contributed by atoms with van der Waals surface area (Å²) in [6.07, 6.45) is 0. The van der Waals surface area contributed by atoms with E-state index in [-0.39, 0.29) is 5.69 Å². The molecule has 5 nitrogen and oxygen atoms in total. The zero-order valence-electron chi connectivity index (χ0n) is 13.0. The summed E-state index contributed by atoms with van der Waals surface area (Å²) in [7, 11) is 0. The normalized spacial score (nSPS) is 15.5. The first-order valence-electron chi connectivity index (χ1n) is 7.68. The van der Waals surface area contributed by atoms with E-state index in [0.29, 0.717) is 11.6 Å². The van der Waals surface area contributed by atoms with Crippen LogP contribution in [0, 0.1) is 10.1 Å². The Balaban J connectivity index is 1.62. The molecule has 0 bridgehead atoms. The molecule has 0 aliphatic carbocycles. The van der Waals surface area contributed by atoms with Gasteiger partial charge in [0.25, 0.3) is 5.69 Å². The van der Waals surface area contributed by atoms with Gasteiger partial charge in [0.05, 0.1) is 4.92 Å². The smallest absolute Gasteiger partial charge is 0.269 e. The van der Waals surface area contributed by atoms with E-state index < -0.39 is 4.92 Å². The lowest BCUT2D eigenvalue weighted by molar-refractivity contribution is -0.384. The van der Waals surface area contributed by atoms with E-state index in [9.17, 15) is 10.1 Å². The second-order valence-electron chi connectivity index (χ2n) is 5.77. The molecule has 0 saturated carbocycles. The molecular formula is C17H17Cl2N3O2. The number of hydrogen-bond donors (Lipinski definition) is 0. The first-order valence-corrected chi connectivity index (χ1v) is 8.44. The average Bonchev–Trinajstić information content (AvgIpc) is 2.58. The molecule has 126 valence electrons. The predicted octanol–water partition coefficient (Wildman–Crippen LogP) is 4.22. The Morgan fingerprint density at radius 1 is 1.00 bits per heavy atom. The molecule has 2 aromatic carbocycles. The van der Waals surface area contributed by atoms with E-state index in [2.05, 4.69) is 9.80 Å². The summed E-state index contributed by atoms with van der Waals surface area (Å²) in [5.74, 6) is 0. The first kappa shape index (κ1) is 17.0. The molecule has 2 aromatic rings. The van der Waals surface area contributed by atoms with Crippen LogP contribution in [0.4, 0.5) is 11.4 Å². The molecule has 0 spiro atoms. The fourth-order valence-corrected chi connectivity index (χ4v) is 3.16. The lowest BCUT2D eigenvalue weighted by Gasteiger charge is -2.36. The molecular weight excluding hydrogens is 349 g/mol. The quantitative estimate of drug-likeness (QED) is 0.600. The highest BCUT2D eigenvalue weighted by Gasteiger charge is 2.19. The molecule has 1 aliphatic heterocycles. The van der Waals surface area contributed by atoms with E-state index in [1.807, 2.05) is 24.3 Å². The van der Waals surface area contributed by atoms with Crippen molar-refractivity contribution >= 4 is 34.6 Å². The second kappa shape index (κ2) is 7.38. The van der Waals surface area contributed by atoms with Crippen LogP contribution in [0.3, 0.4) is 0 Å². The highest BCUT2D eigenvalue weighted by atomic mass is 35.5. The summed E-state index contributed by atoms with van der Waals surface area (Å²) < 4.78 is 0. The van der Waals surface area contributed by atoms with Crippen LogP contribution in [0.2, 0.25) is 10.0 Å². The van der Waals surface area contributed by atoms with Gasteiger partial charge in [0, 0.05) is 60.6 Å². The number of nitro groups is 1. The molecule has 1 saturated heterocycles. The van der Waals surface area contributed by atoms with Crippen LogP contribution in [0.25, 0.3) is 0 Å². The maximum Gasteiger partial charge on any atom is 0.269 e. The van der Waals surface area contributed by atoms with Crippen molar-refractivity contribution in [3.63, 3.8) is 0 Å². The number of piperazine rings is 1. The van der Waals surface area contributed by atoms with Crippen LogP contribution in [0.15, 0.2) is 42.5 Å². The summed E-state index contributed by atoms with van der Waals surface area (Å²) in [5.41, 5.74) is 2.03. The van der Waals surface area contributed by atoms with Crippen molar-refractivity contribution in [1.82, 2.24) is 4.90 Å². The number of anilines is 1.